The van der Waals surface area contributed by atoms with Gasteiger partial charge in [-0.1, -0.05) is 79.2 Å². The Morgan fingerprint density at radius 1 is 1.04 bits per heavy atom. The Balaban J connectivity index is 1.33. The molecule has 0 fully saturated rings. The zero-order chi connectivity index (χ0) is 33.7. The van der Waals surface area contributed by atoms with Gasteiger partial charge in [-0.25, -0.2) is 4.98 Å². The standard InChI is InChI=1S/C36H35ClN4O7/c1-4-41(3)27-23-16-21-15-22-25(30(34(38-2)39-33(22)37)46-17-19-11-7-5-8-12-19)28(42)24(21)31(43)36(23,45)32(44)26-29(27)48-40-35(26)47-18-20-13-9-6-10-14-20/h5-14,21,23,27,43,45H,4,15-18H2,1-3H3,(H,38,39)/t21-,23-,27-,36-/m0/s1. The number of hydrogen-bond donors (Lipinski definition) is 3. The van der Waals surface area contributed by atoms with E-state index in [1.807, 2.05) is 79.5 Å². The van der Waals surface area contributed by atoms with E-state index < -0.39 is 40.8 Å². The maximum atomic E-state index is 14.5. The van der Waals surface area contributed by atoms with Crippen molar-refractivity contribution in [2.24, 2.45) is 11.8 Å². The Kier molecular flexibility index (Phi) is 8.22. The van der Waals surface area contributed by atoms with Gasteiger partial charge in [0.05, 0.1) is 11.6 Å². The van der Waals surface area contributed by atoms with Crippen LogP contribution in [0.2, 0.25) is 5.15 Å². The van der Waals surface area contributed by atoms with Crippen molar-refractivity contribution in [3.05, 3.63) is 111 Å². The van der Waals surface area contributed by atoms with E-state index >= 15 is 0 Å². The number of ether oxygens (including phenoxy) is 2. The minimum Gasteiger partial charge on any atom is -0.508 e. The van der Waals surface area contributed by atoms with Gasteiger partial charge in [0.2, 0.25) is 5.78 Å². The summed E-state index contributed by atoms with van der Waals surface area (Å²) >= 11 is 6.69. The van der Waals surface area contributed by atoms with E-state index in [1.165, 1.54) is 0 Å². The number of carbonyl (C=O) groups is 2. The first kappa shape index (κ1) is 31.9. The van der Waals surface area contributed by atoms with Crippen LogP contribution in [0, 0.1) is 11.8 Å². The highest BCUT2D eigenvalue weighted by Crippen LogP contribution is 2.57. The van der Waals surface area contributed by atoms with E-state index in [2.05, 4.69) is 15.5 Å². The topological polar surface area (TPSA) is 147 Å². The molecule has 2 heterocycles. The van der Waals surface area contributed by atoms with Gasteiger partial charge in [0.15, 0.2) is 28.7 Å². The van der Waals surface area contributed by atoms with Crippen LogP contribution in [0.5, 0.6) is 11.6 Å². The molecule has 0 bridgehead atoms. The first-order valence-electron chi connectivity index (χ1n) is 15.9. The highest BCUT2D eigenvalue weighted by molar-refractivity contribution is 6.31. The SMILES string of the molecule is CCN(C)[C@@H]1c2onc(OCc3ccccc3)c2C(=O)[C@@]2(O)C(O)=C3C(=O)c4c(c(Cl)nc(NC)c4OCc4ccccc4)C[C@H]3C[C@@H]12. The summed E-state index contributed by atoms with van der Waals surface area (Å²) in [4.78, 5) is 35.4. The van der Waals surface area contributed by atoms with Crippen LogP contribution in [-0.4, -0.2) is 63.1 Å². The fraction of sp³-hybridized carbons (Fsp3) is 0.333. The van der Waals surface area contributed by atoms with Crippen molar-refractivity contribution in [3.8, 4) is 11.6 Å². The lowest BCUT2D eigenvalue weighted by Crippen LogP contribution is -2.59. The molecule has 0 unspecified atom stereocenters. The normalized spacial score (nSPS) is 22.9. The molecule has 3 aliphatic carbocycles. The van der Waals surface area contributed by atoms with Crippen molar-refractivity contribution in [2.75, 3.05) is 26.0 Å². The van der Waals surface area contributed by atoms with Gasteiger partial charge in [-0.05, 0) is 48.6 Å². The van der Waals surface area contributed by atoms with Crippen LogP contribution in [-0.2, 0) is 19.6 Å². The van der Waals surface area contributed by atoms with Gasteiger partial charge in [-0.3, -0.25) is 14.5 Å². The van der Waals surface area contributed by atoms with Crippen LogP contribution in [0.25, 0.3) is 0 Å². The van der Waals surface area contributed by atoms with E-state index in [-0.39, 0.29) is 71.1 Å². The molecule has 4 aromatic rings. The molecule has 48 heavy (non-hydrogen) atoms. The zero-order valence-electron chi connectivity index (χ0n) is 26.7. The van der Waals surface area contributed by atoms with E-state index in [9.17, 15) is 19.8 Å². The summed E-state index contributed by atoms with van der Waals surface area (Å²) in [5.41, 5.74) is -0.227. The van der Waals surface area contributed by atoms with Crippen LogP contribution in [0.1, 0.15) is 62.6 Å². The molecule has 2 aromatic carbocycles. The highest BCUT2D eigenvalue weighted by atomic mass is 35.5. The van der Waals surface area contributed by atoms with Crippen LogP contribution in [0.15, 0.2) is 76.5 Å². The summed E-state index contributed by atoms with van der Waals surface area (Å²) in [7, 11) is 3.48. The molecule has 2 aromatic heterocycles. The first-order chi connectivity index (χ1) is 23.2. The fourth-order valence-corrected chi connectivity index (χ4v) is 7.56. The average Bonchev–Trinajstić information content (AvgIpc) is 3.52. The summed E-state index contributed by atoms with van der Waals surface area (Å²) in [6, 6.07) is 18.1. The maximum Gasteiger partial charge on any atom is 0.265 e. The number of ketones is 2. The molecule has 0 radical (unpaired) electrons. The molecule has 12 heteroatoms. The number of aliphatic hydroxyl groups excluding tert-OH is 1. The number of halogens is 1. The third-order valence-electron chi connectivity index (χ3n) is 9.79. The van der Waals surface area contributed by atoms with Crippen molar-refractivity contribution < 1.29 is 33.8 Å². The van der Waals surface area contributed by atoms with Gasteiger partial charge in [-0.15, -0.1) is 0 Å². The summed E-state index contributed by atoms with van der Waals surface area (Å²) < 4.78 is 17.9. The van der Waals surface area contributed by atoms with Gasteiger partial charge < -0.3 is 29.5 Å². The smallest absolute Gasteiger partial charge is 0.265 e. The third kappa shape index (κ3) is 4.96. The van der Waals surface area contributed by atoms with Crippen molar-refractivity contribution in [2.45, 2.75) is 44.6 Å². The number of fused-ring (bicyclic) bond motifs is 4. The van der Waals surface area contributed by atoms with Crippen molar-refractivity contribution in [1.82, 2.24) is 15.0 Å². The number of pyridine rings is 1. The number of anilines is 1. The van der Waals surface area contributed by atoms with E-state index in [0.29, 0.717) is 12.1 Å². The molecule has 4 atom stereocenters. The molecule has 7 rings (SSSR count). The van der Waals surface area contributed by atoms with Gasteiger partial charge in [-0.2, -0.15) is 0 Å². The molecule has 11 nitrogen and oxygen atoms in total. The minimum atomic E-state index is -2.45. The van der Waals surface area contributed by atoms with Crippen molar-refractivity contribution in [3.63, 3.8) is 0 Å². The molecule has 0 spiro atoms. The Hall–Kier alpha value is -4.71. The van der Waals surface area contributed by atoms with Crippen molar-refractivity contribution in [1.29, 1.82) is 0 Å². The lowest BCUT2D eigenvalue weighted by molar-refractivity contribution is -0.0588. The van der Waals surface area contributed by atoms with E-state index in [1.54, 1.807) is 7.05 Å². The summed E-state index contributed by atoms with van der Waals surface area (Å²) in [5.74, 6) is -2.97. The molecule has 0 saturated carbocycles. The number of benzene rings is 2. The summed E-state index contributed by atoms with van der Waals surface area (Å²) in [6.07, 6.45) is 0.405. The Morgan fingerprint density at radius 3 is 2.31 bits per heavy atom. The van der Waals surface area contributed by atoms with Gasteiger partial charge in [0, 0.05) is 24.1 Å². The molecule has 3 aliphatic rings. The molecule has 0 amide bonds. The first-order valence-corrected chi connectivity index (χ1v) is 16.3. The number of nitrogens with one attached hydrogen (secondary N) is 1. The second-order valence-corrected chi connectivity index (χ2v) is 12.8. The Bertz CT molecular complexity index is 1930. The second-order valence-electron chi connectivity index (χ2n) is 12.4. The zero-order valence-corrected chi connectivity index (χ0v) is 27.5. The Labute approximate surface area is 282 Å². The predicted molar refractivity (Wildman–Crippen MR) is 176 cm³/mol. The van der Waals surface area contributed by atoms with Crippen LogP contribution < -0.4 is 14.8 Å². The summed E-state index contributed by atoms with van der Waals surface area (Å²) in [5, 5.41) is 31.7. The number of nitrogens with zero attached hydrogens (tertiary/aromatic N) is 3. The number of Topliss-reactive ketones (excluding diaryl/α,β-unsaturated/α-hetero) is 2. The van der Waals surface area contributed by atoms with Gasteiger partial charge in [0.25, 0.3) is 5.88 Å². The van der Waals surface area contributed by atoms with Gasteiger partial charge >= 0.3 is 0 Å². The Morgan fingerprint density at radius 2 is 1.69 bits per heavy atom. The highest BCUT2D eigenvalue weighted by Gasteiger charge is 2.64. The molecule has 248 valence electrons. The molecule has 0 aliphatic heterocycles. The van der Waals surface area contributed by atoms with E-state index in [0.717, 1.165) is 11.1 Å². The maximum absolute atomic E-state index is 14.5. The largest absolute Gasteiger partial charge is 0.508 e. The molecular formula is C36H35ClN4O7. The molecular weight excluding hydrogens is 636 g/mol. The molecule has 3 N–H and O–H groups in total. The number of carbonyl (C=O) groups excluding carboxylic acids is 2. The minimum absolute atomic E-state index is 0.0481. The molecule has 0 saturated heterocycles. The van der Waals surface area contributed by atoms with Crippen molar-refractivity contribution >= 4 is 29.0 Å². The number of aliphatic hydroxyl groups is 2. The number of hydrogen-bond acceptors (Lipinski definition) is 11. The van der Waals surface area contributed by atoms with E-state index in [4.69, 9.17) is 25.6 Å². The van der Waals surface area contributed by atoms with Crippen LogP contribution >= 0.6 is 11.6 Å². The fourth-order valence-electron chi connectivity index (χ4n) is 7.30. The second kappa shape index (κ2) is 12.4. The number of rotatable bonds is 9. The number of allylic oxidation sites excluding steroid dienone is 1. The average molecular weight is 671 g/mol. The van der Waals surface area contributed by atoms with Crippen LogP contribution in [0.3, 0.4) is 0 Å². The lowest BCUT2D eigenvalue weighted by atomic mass is 9.58. The number of aromatic nitrogens is 2. The predicted octanol–water partition coefficient (Wildman–Crippen LogP) is 5.73. The van der Waals surface area contributed by atoms with Gasteiger partial charge in [0.1, 0.15) is 29.7 Å². The third-order valence-corrected chi connectivity index (χ3v) is 10.1. The lowest BCUT2D eigenvalue weighted by Gasteiger charge is -2.49. The van der Waals surface area contributed by atoms with Crippen LogP contribution in [0.4, 0.5) is 5.82 Å². The summed E-state index contributed by atoms with van der Waals surface area (Å²) in [6.45, 7) is 2.71. The monoisotopic (exact) mass is 670 g/mol. The quantitative estimate of drug-likeness (QED) is 0.188.